The van der Waals surface area contributed by atoms with Crippen LogP contribution in [-0.2, 0) is 9.47 Å². The summed E-state index contributed by atoms with van der Waals surface area (Å²) in [5.41, 5.74) is 2.59. The number of aliphatic hydroxyl groups is 1. The van der Waals surface area contributed by atoms with E-state index in [0.29, 0.717) is 35.4 Å². The molecule has 4 fully saturated rings. The molecule has 0 aromatic carbocycles. The Kier molecular flexibility index (Phi) is 5.40. The summed E-state index contributed by atoms with van der Waals surface area (Å²) in [7, 11) is 0. The molecule has 29 heavy (non-hydrogen) atoms. The van der Waals surface area contributed by atoms with E-state index in [-0.39, 0.29) is 0 Å². The summed E-state index contributed by atoms with van der Waals surface area (Å²) in [4.78, 5) is 0. The summed E-state index contributed by atoms with van der Waals surface area (Å²) in [5, 5.41) is 9.82. The second-order valence-corrected chi connectivity index (χ2v) is 11.7. The zero-order chi connectivity index (χ0) is 20.2. The van der Waals surface area contributed by atoms with Crippen LogP contribution in [0.25, 0.3) is 0 Å². The van der Waals surface area contributed by atoms with Gasteiger partial charge in [-0.3, -0.25) is 0 Å². The summed E-state index contributed by atoms with van der Waals surface area (Å²) in [6.45, 7) is 10.5. The van der Waals surface area contributed by atoms with Gasteiger partial charge >= 0.3 is 0 Å². The molecule has 1 N–H and O–H groups in total. The lowest BCUT2D eigenvalue weighted by Gasteiger charge is -2.58. The second-order valence-electron chi connectivity index (χ2n) is 11.7. The molecule has 0 radical (unpaired) electrons. The lowest BCUT2D eigenvalue weighted by Crippen LogP contribution is -2.51. The van der Waals surface area contributed by atoms with E-state index < -0.39 is 0 Å². The monoisotopic (exact) mass is 402 g/mol. The van der Waals surface area contributed by atoms with Gasteiger partial charge in [0.05, 0.1) is 25.9 Å². The van der Waals surface area contributed by atoms with Crippen LogP contribution >= 0.6 is 0 Å². The Labute approximate surface area is 177 Å². The molecule has 0 spiro atoms. The van der Waals surface area contributed by atoms with E-state index in [0.717, 1.165) is 43.5 Å². The first-order valence-corrected chi connectivity index (χ1v) is 12.5. The van der Waals surface area contributed by atoms with Gasteiger partial charge in [0.25, 0.3) is 0 Å². The van der Waals surface area contributed by atoms with E-state index in [1.807, 2.05) is 0 Å². The Morgan fingerprint density at radius 3 is 2.69 bits per heavy atom. The molecular formula is C26H42O3. The topological polar surface area (TPSA) is 38.7 Å². The molecule has 1 heterocycles. The Morgan fingerprint density at radius 1 is 1.14 bits per heavy atom. The minimum absolute atomic E-state index is 0.358. The predicted molar refractivity (Wildman–Crippen MR) is 115 cm³/mol. The lowest BCUT2D eigenvalue weighted by molar-refractivity contribution is -0.101. The second kappa shape index (κ2) is 7.64. The van der Waals surface area contributed by atoms with Crippen molar-refractivity contribution < 1.29 is 14.6 Å². The molecule has 5 rings (SSSR count). The van der Waals surface area contributed by atoms with Crippen LogP contribution in [0, 0.1) is 46.3 Å². The fourth-order valence-electron chi connectivity index (χ4n) is 8.53. The van der Waals surface area contributed by atoms with Crippen molar-refractivity contribution in [3.8, 4) is 0 Å². The van der Waals surface area contributed by atoms with Gasteiger partial charge in [0, 0.05) is 12.5 Å². The maximum absolute atomic E-state index is 9.82. The van der Waals surface area contributed by atoms with Gasteiger partial charge in [-0.2, -0.15) is 0 Å². The van der Waals surface area contributed by atoms with Crippen molar-refractivity contribution in [2.24, 2.45) is 46.3 Å². The van der Waals surface area contributed by atoms with E-state index in [2.05, 4.69) is 26.8 Å². The molecule has 5 aliphatic rings. The minimum Gasteiger partial charge on any atom is -0.396 e. The number of rotatable bonds is 5. The third-order valence-electron chi connectivity index (χ3n) is 10.4. The van der Waals surface area contributed by atoms with Crippen molar-refractivity contribution >= 4 is 0 Å². The van der Waals surface area contributed by atoms with Crippen LogP contribution in [0.1, 0.15) is 72.1 Å². The van der Waals surface area contributed by atoms with Crippen LogP contribution in [0.5, 0.6) is 0 Å². The largest absolute Gasteiger partial charge is 0.396 e. The van der Waals surface area contributed by atoms with Crippen LogP contribution in [-0.4, -0.2) is 37.6 Å². The van der Waals surface area contributed by atoms with Gasteiger partial charge in [-0.05, 0) is 91.8 Å². The number of allylic oxidation sites excluding steroid dienone is 1. The summed E-state index contributed by atoms with van der Waals surface area (Å²) in [5.74, 6) is 4.41. The van der Waals surface area contributed by atoms with Gasteiger partial charge in [0.1, 0.15) is 0 Å². The number of fused-ring (bicyclic) bond motifs is 5. The lowest BCUT2D eigenvalue weighted by atomic mass is 9.47. The number of aliphatic hydroxyl groups excluding tert-OH is 1. The first-order chi connectivity index (χ1) is 14.0. The van der Waals surface area contributed by atoms with Crippen molar-refractivity contribution in [2.45, 2.75) is 78.2 Å². The van der Waals surface area contributed by atoms with Crippen LogP contribution in [0.2, 0.25) is 0 Å². The first kappa shape index (κ1) is 20.5. The van der Waals surface area contributed by atoms with Gasteiger partial charge in [-0.1, -0.05) is 32.4 Å². The Hall–Kier alpha value is -0.380. The molecule has 4 aliphatic carbocycles. The quantitative estimate of drug-likeness (QED) is 0.640. The van der Waals surface area contributed by atoms with Crippen LogP contribution in [0.4, 0.5) is 0 Å². The van der Waals surface area contributed by atoms with E-state index >= 15 is 0 Å². The molecule has 3 saturated carbocycles. The predicted octanol–water partition coefficient (Wildman–Crippen LogP) is 5.23. The maximum atomic E-state index is 9.82. The molecule has 1 saturated heterocycles. The zero-order valence-corrected chi connectivity index (χ0v) is 18.9. The molecule has 3 nitrogen and oxygen atoms in total. The van der Waals surface area contributed by atoms with Gasteiger partial charge in [0.2, 0.25) is 0 Å². The van der Waals surface area contributed by atoms with Crippen LogP contribution in [0.3, 0.4) is 0 Å². The molecule has 0 aromatic heterocycles. The van der Waals surface area contributed by atoms with E-state index in [1.165, 1.54) is 51.4 Å². The Bertz CT molecular complexity index is 640. The van der Waals surface area contributed by atoms with Gasteiger partial charge in [-0.25, -0.2) is 0 Å². The average Bonchev–Trinajstić information content (AvgIpc) is 3.03. The van der Waals surface area contributed by atoms with Gasteiger partial charge < -0.3 is 14.6 Å². The molecule has 0 unspecified atom stereocenters. The van der Waals surface area contributed by atoms with Gasteiger partial charge in [0.15, 0.2) is 0 Å². The van der Waals surface area contributed by atoms with Crippen LogP contribution in [0.15, 0.2) is 11.6 Å². The van der Waals surface area contributed by atoms with Crippen molar-refractivity contribution in [3.63, 3.8) is 0 Å². The van der Waals surface area contributed by atoms with Crippen molar-refractivity contribution in [3.05, 3.63) is 11.6 Å². The molecule has 3 heteroatoms. The smallest absolute Gasteiger partial charge is 0.0612 e. The normalized spacial score (nSPS) is 48.1. The van der Waals surface area contributed by atoms with E-state index in [9.17, 15) is 5.11 Å². The minimum atomic E-state index is 0.358. The highest BCUT2D eigenvalue weighted by molar-refractivity contribution is 5.25. The average molecular weight is 403 g/mol. The fraction of sp³-hybridized carbons (Fsp3) is 0.923. The highest BCUT2D eigenvalue weighted by Crippen LogP contribution is 2.67. The third-order valence-corrected chi connectivity index (χ3v) is 10.4. The summed E-state index contributed by atoms with van der Waals surface area (Å²) >= 11 is 0. The molecule has 0 aromatic rings. The number of ether oxygens (including phenoxy) is 2. The molecule has 8 atom stereocenters. The highest BCUT2D eigenvalue weighted by Gasteiger charge is 2.59. The first-order valence-electron chi connectivity index (χ1n) is 12.5. The molecule has 1 aliphatic heterocycles. The number of hydrogen-bond donors (Lipinski definition) is 1. The van der Waals surface area contributed by atoms with Crippen LogP contribution < -0.4 is 0 Å². The number of hydrogen-bond acceptors (Lipinski definition) is 3. The standard InChI is InChI=1S/C26H42O3/c1-17(13-27)22-6-7-23-21-5-4-19-12-20(29-16-18-14-28-15-18)8-10-25(19,2)24(21)9-11-26(22,23)3/h4,17-18,20-24,27H,5-16H2,1-3H3/t17-,20+,21+,22-,23+,24+,25+,26-/m1/s1. The maximum Gasteiger partial charge on any atom is 0.0612 e. The highest BCUT2D eigenvalue weighted by atomic mass is 16.5. The van der Waals surface area contributed by atoms with Crippen molar-refractivity contribution in [1.29, 1.82) is 0 Å². The molecule has 0 amide bonds. The summed E-state index contributed by atoms with van der Waals surface area (Å²) in [6, 6.07) is 0. The Morgan fingerprint density at radius 2 is 1.97 bits per heavy atom. The SMILES string of the molecule is C[C@H](CO)[C@H]1CC[C@H]2[C@@H]3CC=C4C[C@@H](OCC5COC5)CC[C@]4(C)[C@H]3CC[C@]12C. The molecular weight excluding hydrogens is 360 g/mol. The molecule has 0 bridgehead atoms. The van der Waals surface area contributed by atoms with Crippen molar-refractivity contribution in [2.75, 3.05) is 26.4 Å². The third kappa shape index (κ3) is 3.26. The summed E-state index contributed by atoms with van der Waals surface area (Å²) < 4.78 is 11.6. The van der Waals surface area contributed by atoms with Crippen molar-refractivity contribution in [1.82, 2.24) is 0 Å². The van der Waals surface area contributed by atoms with Gasteiger partial charge in [-0.15, -0.1) is 0 Å². The Balaban J connectivity index is 1.30. The van der Waals surface area contributed by atoms with E-state index in [4.69, 9.17) is 9.47 Å². The fourth-order valence-corrected chi connectivity index (χ4v) is 8.53. The molecule has 164 valence electrons. The van der Waals surface area contributed by atoms with E-state index in [1.54, 1.807) is 5.57 Å². The summed E-state index contributed by atoms with van der Waals surface area (Å²) in [6.07, 6.45) is 13.6. The zero-order valence-electron chi connectivity index (χ0n) is 18.9.